The van der Waals surface area contributed by atoms with Gasteiger partial charge in [-0.05, 0) is 41.5 Å². The second kappa shape index (κ2) is 13.3. The summed E-state index contributed by atoms with van der Waals surface area (Å²) in [6, 6.07) is 14.4. The molecule has 1 atom stereocenters. The van der Waals surface area contributed by atoms with Crippen LogP contribution in [-0.2, 0) is 38.8 Å². The Balaban J connectivity index is 2.10. The topological polar surface area (TPSA) is 86.8 Å². The third kappa shape index (κ3) is 8.51. The predicted molar refractivity (Wildman–Crippen MR) is 154 cm³/mol. The molecule has 3 aromatic carbocycles. The van der Waals surface area contributed by atoms with Crippen molar-refractivity contribution in [3.8, 4) is 0 Å². The van der Waals surface area contributed by atoms with E-state index in [9.17, 15) is 31.2 Å². The van der Waals surface area contributed by atoms with E-state index < -0.39 is 51.9 Å². The Bertz CT molecular complexity index is 1520. The molecular weight excluding hydrogens is 626 g/mol. The Morgan fingerprint density at radius 2 is 1.54 bits per heavy atom. The van der Waals surface area contributed by atoms with Crippen molar-refractivity contribution < 1.29 is 31.2 Å². The molecule has 0 aromatic heterocycles. The standard InChI is InChI=1S/C27H25Cl3F3N3O4S/c1-34-26(38)24(13-17-6-4-3-5-7-17)35(15-18-8-10-20(28)22(30)12-18)25(37)16-36(41(2,39)40)23-14-19(27(31,32)33)9-11-21(23)29/h3-12,14,24H,13,15-16H2,1-2H3,(H,34,38). The van der Waals surface area contributed by atoms with Crippen LogP contribution in [0.15, 0.2) is 66.7 Å². The van der Waals surface area contributed by atoms with Gasteiger partial charge in [-0.3, -0.25) is 13.9 Å². The lowest BCUT2D eigenvalue weighted by molar-refractivity contribution is -0.139. The molecule has 0 heterocycles. The van der Waals surface area contributed by atoms with Gasteiger partial charge >= 0.3 is 6.18 Å². The van der Waals surface area contributed by atoms with Gasteiger partial charge in [-0.25, -0.2) is 8.42 Å². The van der Waals surface area contributed by atoms with Crippen LogP contribution in [0.3, 0.4) is 0 Å². The van der Waals surface area contributed by atoms with Crippen LogP contribution in [0.1, 0.15) is 16.7 Å². The summed E-state index contributed by atoms with van der Waals surface area (Å²) in [6.07, 6.45) is -4.01. The largest absolute Gasteiger partial charge is 0.416 e. The SMILES string of the molecule is CNC(=O)C(Cc1ccccc1)N(Cc1ccc(Cl)c(Cl)c1)C(=O)CN(c1cc(C(F)(F)F)ccc1Cl)S(C)(=O)=O. The number of carbonyl (C=O) groups excluding carboxylic acids is 2. The third-order valence-corrected chi connectivity index (χ3v) is 8.26. The van der Waals surface area contributed by atoms with Crippen molar-refractivity contribution in [1.82, 2.24) is 10.2 Å². The second-order valence-electron chi connectivity index (χ2n) is 9.02. The van der Waals surface area contributed by atoms with Crippen LogP contribution in [0.4, 0.5) is 18.9 Å². The van der Waals surface area contributed by atoms with Crippen LogP contribution < -0.4 is 9.62 Å². The van der Waals surface area contributed by atoms with Gasteiger partial charge in [0.2, 0.25) is 21.8 Å². The molecule has 3 rings (SSSR count). The number of nitrogens with one attached hydrogen (secondary N) is 1. The molecule has 0 spiro atoms. The molecule has 0 fully saturated rings. The monoisotopic (exact) mass is 649 g/mol. The molecule has 0 aliphatic heterocycles. The first-order valence-electron chi connectivity index (χ1n) is 11.9. The summed E-state index contributed by atoms with van der Waals surface area (Å²) >= 11 is 18.3. The molecule has 0 saturated carbocycles. The highest BCUT2D eigenvalue weighted by molar-refractivity contribution is 7.92. The fourth-order valence-corrected chi connectivity index (χ4v) is 5.47. The van der Waals surface area contributed by atoms with Gasteiger partial charge in [0.1, 0.15) is 12.6 Å². The zero-order valence-corrected chi connectivity index (χ0v) is 24.8. The number of benzene rings is 3. The summed E-state index contributed by atoms with van der Waals surface area (Å²) in [5.74, 6) is -1.43. The van der Waals surface area contributed by atoms with Crippen LogP contribution in [-0.4, -0.2) is 51.0 Å². The lowest BCUT2D eigenvalue weighted by Gasteiger charge is -2.33. The molecule has 0 bridgehead atoms. The van der Waals surface area contributed by atoms with Crippen molar-refractivity contribution in [3.05, 3.63) is 98.5 Å². The summed E-state index contributed by atoms with van der Waals surface area (Å²) in [5.41, 5.74) is -0.518. The maximum atomic E-state index is 13.9. The van der Waals surface area contributed by atoms with Crippen molar-refractivity contribution in [1.29, 1.82) is 0 Å². The van der Waals surface area contributed by atoms with Gasteiger partial charge in [0.05, 0.1) is 32.6 Å². The minimum Gasteiger partial charge on any atom is -0.357 e. The summed E-state index contributed by atoms with van der Waals surface area (Å²) in [4.78, 5) is 28.1. The van der Waals surface area contributed by atoms with E-state index in [-0.39, 0.29) is 28.0 Å². The van der Waals surface area contributed by atoms with E-state index in [0.717, 1.165) is 17.2 Å². The number of amides is 2. The fraction of sp³-hybridized carbons (Fsp3) is 0.259. The summed E-state index contributed by atoms with van der Waals surface area (Å²) < 4.78 is 66.4. The molecule has 7 nitrogen and oxygen atoms in total. The number of anilines is 1. The van der Waals surface area contributed by atoms with Crippen LogP contribution in [0.2, 0.25) is 15.1 Å². The second-order valence-corrected chi connectivity index (χ2v) is 12.2. The minimum atomic E-state index is -4.80. The maximum absolute atomic E-state index is 13.9. The van der Waals surface area contributed by atoms with E-state index in [1.807, 2.05) is 0 Å². The van der Waals surface area contributed by atoms with Gasteiger partial charge in [-0.1, -0.05) is 71.2 Å². The fourth-order valence-electron chi connectivity index (χ4n) is 4.03. The highest BCUT2D eigenvalue weighted by Gasteiger charge is 2.35. The Morgan fingerprint density at radius 1 is 0.902 bits per heavy atom. The molecule has 3 aromatic rings. The molecular formula is C27H25Cl3F3N3O4S. The van der Waals surface area contributed by atoms with Gasteiger partial charge in [0.25, 0.3) is 0 Å². The molecule has 2 amide bonds. The van der Waals surface area contributed by atoms with Crippen molar-refractivity contribution in [2.75, 3.05) is 24.2 Å². The molecule has 0 aliphatic carbocycles. The highest BCUT2D eigenvalue weighted by Crippen LogP contribution is 2.36. The average molecular weight is 651 g/mol. The zero-order chi connectivity index (χ0) is 30.5. The van der Waals surface area contributed by atoms with E-state index in [4.69, 9.17) is 34.8 Å². The molecule has 1 N–H and O–H groups in total. The number of halogens is 6. The van der Waals surface area contributed by atoms with E-state index in [0.29, 0.717) is 27.6 Å². The summed E-state index contributed by atoms with van der Waals surface area (Å²) in [5, 5.41) is 2.63. The number of alkyl halides is 3. The molecule has 0 radical (unpaired) electrons. The van der Waals surface area contributed by atoms with Crippen molar-refractivity contribution in [2.24, 2.45) is 0 Å². The van der Waals surface area contributed by atoms with Crippen molar-refractivity contribution in [2.45, 2.75) is 25.2 Å². The number of nitrogens with zero attached hydrogens (tertiary/aromatic N) is 2. The van der Waals surface area contributed by atoms with E-state index in [1.54, 1.807) is 36.4 Å². The van der Waals surface area contributed by atoms with Crippen molar-refractivity contribution >= 4 is 62.3 Å². The van der Waals surface area contributed by atoms with Gasteiger partial charge in [0.15, 0.2) is 0 Å². The smallest absolute Gasteiger partial charge is 0.357 e. The molecule has 0 saturated heterocycles. The van der Waals surface area contributed by atoms with Crippen LogP contribution in [0.5, 0.6) is 0 Å². The number of carbonyl (C=O) groups is 2. The quantitative estimate of drug-likeness (QED) is 0.300. The first kappa shape index (κ1) is 32.5. The van der Waals surface area contributed by atoms with Gasteiger partial charge in [-0.15, -0.1) is 0 Å². The Morgan fingerprint density at radius 3 is 2.10 bits per heavy atom. The van der Waals surface area contributed by atoms with Crippen LogP contribution in [0, 0.1) is 0 Å². The maximum Gasteiger partial charge on any atom is 0.416 e. The van der Waals surface area contributed by atoms with Crippen LogP contribution in [0.25, 0.3) is 0 Å². The minimum absolute atomic E-state index is 0.0523. The van der Waals surface area contributed by atoms with Gasteiger partial charge < -0.3 is 10.2 Å². The van der Waals surface area contributed by atoms with E-state index in [2.05, 4.69) is 5.32 Å². The Hall–Kier alpha value is -2.99. The number of likely N-dealkylation sites (N-methyl/N-ethyl adjacent to an activating group) is 1. The first-order valence-corrected chi connectivity index (χ1v) is 14.9. The molecule has 0 aliphatic rings. The Kier molecular flexibility index (Phi) is 10.6. The lowest BCUT2D eigenvalue weighted by atomic mass is 10.0. The first-order chi connectivity index (χ1) is 19.1. The average Bonchev–Trinajstić information content (AvgIpc) is 2.90. The highest BCUT2D eigenvalue weighted by atomic mass is 35.5. The Labute approximate surface area is 250 Å². The molecule has 41 heavy (non-hydrogen) atoms. The van der Waals surface area contributed by atoms with Crippen LogP contribution >= 0.6 is 34.8 Å². The number of rotatable bonds is 10. The normalized spacial score (nSPS) is 12.5. The third-order valence-electron chi connectivity index (χ3n) is 6.08. The van der Waals surface area contributed by atoms with E-state index in [1.165, 1.54) is 19.2 Å². The summed E-state index contributed by atoms with van der Waals surface area (Å²) in [6.45, 7) is -1.14. The summed E-state index contributed by atoms with van der Waals surface area (Å²) in [7, 11) is -2.95. The zero-order valence-electron chi connectivity index (χ0n) is 21.8. The number of hydrogen-bond acceptors (Lipinski definition) is 4. The van der Waals surface area contributed by atoms with Gasteiger partial charge in [-0.2, -0.15) is 13.2 Å². The molecule has 1 unspecified atom stereocenters. The van der Waals surface area contributed by atoms with E-state index >= 15 is 0 Å². The molecule has 220 valence electrons. The number of hydrogen-bond donors (Lipinski definition) is 1. The predicted octanol–water partition coefficient (Wildman–Crippen LogP) is 5.82. The van der Waals surface area contributed by atoms with Gasteiger partial charge in [0, 0.05) is 20.0 Å². The molecule has 14 heteroatoms. The number of sulfonamides is 1. The van der Waals surface area contributed by atoms with Crippen molar-refractivity contribution in [3.63, 3.8) is 0 Å². The lowest BCUT2D eigenvalue weighted by Crippen LogP contribution is -2.53.